The molecule has 1 aromatic carbocycles. The number of carbonyl (C=O) groups is 5. The van der Waals surface area contributed by atoms with Gasteiger partial charge in [-0.3, -0.25) is 24.0 Å². The van der Waals surface area contributed by atoms with Crippen molar-refractivity contribution in [1.29, 1.82) is 0 Å². The number of amides is 2. The molecule has 0 aliphatic carbocycles. The van der Waals surface area contributed by atoms with Gasteiger partial charge in [-0.25, -0.2) is 13.8 Å². The van der Waals surface area contributed by atoms with Gasteiger partial charge in [-0.05, 0) is 18.6 Å². The van der Waals surface area contributed by atoms with Crippen LogP contribution in [0.25, 0.3) is 0 Å². The summed E-state index contributed by atoms with van der Waals surface area (Å²) in [5.74, 6) is -15.5. The van der Waals surface area contributed by atoms with Crippen LogP contribution < -0.4 is 15.4 Å². The molecule has 0 aliphatic rings. The zero-order valence-corrected chi connectivity index (χ0v) is 20.3. The molecule has 0 saturated heterocycles. The van der Waals surface area contributed by atoms with Crippen LogP contribution in [0, 0.1) is 29.2 Å². The van der Waals surface area contributed by atoms with E-state index in [1.54, 1.807) is 0 Å². The number of rotatable bonds is 13. The number of halogens is 5. The Balaban J connectivity index is 2.03. The van der Waals surface area contributed by atoms with Crippen molar-refractivity contribution in [3.05, 3.63) is 52.7 Å². The number of aromatic nitrogens is 1. The number of ether oxygens (including phenoxy) is 1. The van der Waals surface area contributed by atoms with Crippen LogP contribution in [0.4, 0.5) is 23.4 Å². The van der Waals surface area contributed by atoms with E-state index in [2.05, 4.69) is 20.4 Å². The van der Waals surface area contributed by atoms with Crippen LogP contribution in [0.5, 0.6) is 5.75 Å². The van der Waals surface area contributed by atoms with Gasteiger partial charge in [0.05, 0.1) is 11.1 Å². The zero-order valence-electron chi connectivity index (χ0n) is 19.5. The van der Waals surface area contributed by atoms with E-state index in [1.165, 1.54) is 25.3 Å². The Morgan fingerprint density at radius 1 is 1.08 bits per heavy atom. The van der Waals surface area contributed by atoms with E-state index < -0.39 is 96.2 Å². The topological polar surface area (TPSA) is 152 Å². The minimum absolute atomic E-state index is 0.0234. The molecule has 2 atom stereocenters. The Labute approximate surface area is 217 Å². The van der Waals surface area contributed by atoms with Crippen molar-refractivity contribution in [3.8, 4) is 5.75 Å². The van der Waals surface area contributed by atoms with Crippen molar-refractivity contribution in [3.63, 3.8) is 0 Å². The molecule has 3 N–H and O–H groups in total. The first kappa shape index (κ1) is 30.2. The van der Waals surface area contributed by atoms with Crippen LogP contribution in [0.1, 0.15) is 26.2 Å². The summed E-state index contributed by atoms with van der Waals surface area (Å²) in [5, 5.41) is 13.6. The molecule has 15 heteroatoms. The average Bonchev–Trinajstić information content (AvgIpc) is 2.86. The van der Waals surface area contributed by atoms with Crippen molar-refractivity contribution in [1.82, 2.24) is 10.3 Å². The van der Waals surface area contributed by atoms with E-state index in [0.29, 0.717) is 0 Å². The lowest BCUT2D eigenvalue weighted by Crippen LogP contribution is -2.45. The predicted molar refractivity (Wildman–Crippen MR) is 122 cm³/mol. The number of carboxylic acid groups (broad SMARTS) is 1. The monoisotopic (exact) mass is 561 g/mol. The Kier molecular flexibility index (Phi) is 10.7. The number of carboxylic acids is 1. The Bertz CT molecular complexity index is 1220. The molecule has 38 heavy (non-hydrogen) atoms. The number of Topliss-reactive ketones (excluding diaryl/α,β-unsaturated/α-hetero) is 2. The molecule has 0 unspecified atom stereocenters. The summed E-state index contributed by atoms with van der Waals surface area (Å²) in [4.78, 5) is 64.1. The number of hydrogen-bond donors (Lipinski definition) is 3. The highest BCUT2D eigenvalue weighted by Crippen LogP contribution is 2.26. The van der Waals surface area contributed by atoms with E-state index in [1.807, 2.05) is 0 Å². The summed E-state index contributed by atoms with van der Waals surface area (Å²) in [6.45, 7) is 0.0572. The number of nitrogens with zero attached hydrogens (tertiary/aromatic N) is 1. The van der Waals surface area contributed by atoms with Crippen molar-refractivity contribution in [2.75, 3.05) is 11.9 Å². The van der Waals surface area contributed by atoms with Crippen LogP contribution >= 0.6 is 11.6 Å². The second kappa shape index (κ2) is 13.5. The van der Waals surface area contributed by atoms with Gasteiger partial charge in [0.1, 0.15) is 12.4 Å². The van der Waals surface area contributed by atoms with Gasteiger partial charge in [-0.2, -0.15) is 8.78 Å². The second-order valence-electron chi connectivity index (χ2n) is 7.89. The van der Waals surface area contributed by atoms with Crippen molar-refractivity contribution in [2.24, 2.45) is 5.92 Å². The summed E-state index contributed by atoms with van der Waals surface area (Å²) in [6.07, 6.45) is -0.503. The highest BCUT2D eigenvalue weighted by molar-refractivity contribution is 6.40. The van der Waals surface area contributed by atoms with Gasteiger partial charge in [0.2, 0.25) is 23.3 Å². The second-order valence-corrected chi connectivity index (χ2v) is 8.33. The maximum Gasteiger partial charge on any atom is 0.303 e. The van der Waals surface area contributed by atoms with E-state index in [4.69, 9.17) is 16.7 Å². The standard InChI is InChI=1S/C23H20ClF4N3O7/c1-10(6-15(32)23(37)31-17-4-2-11(24)8-29-17)22(36)30-14(3-5-18(34)35)16(33)9-38-21-19(27)12(25)7-13(26)20(21)28/h2,4,7-8,10,14H,3,5-6,9H2,1H3,(H,30,36)(H,34,35)(H,29,31,37)/t10-,14+/m1/s1. The molecule has 2 rings (SSSR count). The maximum atomic E-state index is 13.8. The minimum Gasteiger partial charge on any atom is -0.481 e. The molecule has 10 nitrogen and oxygen atoms in total. The highest BCUT2D eigenvalue weighted by Gasteiger charge is 2.28. The fourth-order valence-electron chi connectivity index (χ4n) is 2.92. The van der Waals surface area contributed by atoms with Gasteiger partial charge in [-0.1, -0.05) is 18.5 Å². The summed E-state index contributed by atoms with van der Waals surface area (Å²) >= 11 is 5.68. The SMILES string of the molecule is C[C@H](CC(=O)C(=O)Nc1ccc(Cl)cn1)C(=O)N[C@@H](CCC(=O)O)C(=O)COc1c(F)c(F)cc(F)c1F. The van der Waals surface area contributed by atoms with Crippen molar-refractivity contribution in [2.45, 2.75) is 32.2 Å². The number of hydrogen-bond acceptors (Lipinski definition) is 7. The summed E-state index contributed by atoms with van der Waals surface area (Å²) in [7, 11) is 0. The number of anilines is 1. The molecule has 2 amide bonds. The summed E-state index contributed by atoms with van der Waals surface area (Å²) in [5.41, 5.74) is 0. The summed E-state index contributed by atoms with van der Waals surface area (Å²) < 4.78 is 58.8. The first-order chi connectivity index (χ1) is 17.8. The molecular formula is C23H20ClF4N3O7. The highest BCUT2D eigenvalue weighted by atomic mass is 35.5. The fraction of sp³-hybridized carbons (Fsp3) is 0.304. The molecule has 1 aromatic heterocycles. The number of pyridine rings is 1. The number of ketones is 2. The van der Waals surface area contributed by atoms with Crippen molar-refractivity contribution < 1.29 is 51.4 Å². The number of aliphatic carboxylic acids is 1. The third-order valence-electron chi connectivity index (χ3n) is 4.94. The van der Waals surface area contributed by atoms with E-state index >= 15 is 0 Å². The Morgan fingerprint density at radius 3 is 2.26 bits per heavy atom. The van der Waals surface area contributed by atoms with E-state index in [0.717, 1.165) is 0 Å². The molecule has 0 fully saturated rings. The first-order valence-electron chi connectivity index (χ1n) is 10.8. The Hall–Kier alpha value is -4.07. The lowest BCUT2D eigenvalue weighted by Gasteiger charge is -2.20. The number of benzene rings is 1. The van der Waals surface area contributed by atoms with Gasteiger partial charge in [0.15, 0.2) is 23.2 Å². The smallest absolute Gasteiger partial charge is 0.303 e. The van der Waals surface area contributed by atoms with Gasteiger partial charge in [0, 0.05) is 31.0 Å². The molecule has 0 bridgehead atoms. The van der Waals surface area contributed by atoms with E-state index in [9.17, 15) is 41.5 Å². The van der Waals surface area contributed by atoms with Crippen LogP contribution in [-0.2, 0) is 24.0 Å². The maximum absolute atomic E-state index is 13.8. The quantitative estimate of drug-likeness (QED) is 0.192. The van der Waals surface area contributed by atoms with Crippen LogP contribution in [-0.4, -0.2) is 52.1 Å². The minimum atomic E-state index is -1.90. The molecule has 0 spiro atoms. The molecule has 2 aromatic rings. The summed E-state index contributed by atoms with van der Waals surface area (Å²) in [6, 6.07) is 1.11. The molecule has 0 aliphatic heterocycles. The van der Waals surface area contributed by atoms with Crippen LogP contribution in [0.15, 0.2) is 24.4 Å². The van der Waals surface area contributed by atoms with Gasteiger partial charge in [-0.15, -0.1) is 0 Å². The lowest BCUT2D eigenvalue weighted by molar-refractivity contribution is -0.139. The Morgan fingerprint density at radius 2 is 1.71 bits per heavy atom. The average molecular weight is 562 g/mol. The largest absolute Gasteiger partial charge is 0.481 e. The number of carbonyl (C=O) groups excluding carboxylic acids is 4. The van der Waals surface area contributed by atoms with Crippen LogP contribution in [0.2, 0.25) is 5.02 Å². The van der Waals surface area contributed by atoms with Crippen molar-refractivity contribution >= 4 is 46.8 Å². The third kappa shape index (κ3) is 8.50. The molecule has 0 radical (unpaired) electrons. The van der Waals surface area contributed by atoms with E-state index in [-0.39, 0.29) is 16.9 Å². The molecular weight excluding hydrogens is 542 g/mol. The zero-order chi connectivity index (χ0) is 28.6. The van der Waals surface area contributed by atoms with Gasteiger partial charge < -0.3 is 20.5 Å². The molecule has 0 saturated carbocycles. The fourth-order valence-corrected chi connectivity index (χ4v) is 3.03. The van der Waals surface area contributed by atoms with Crippen LogP contribution in [0.3, 0.4) is 0 Å². The predicted octanol–water partition coefficient (Wildman–Crippen LogP) is 2.82. The third-order valence-corrected chi connectivity index (χ3v) is 5.17. The normalized spacial score (nSPS) is 12.3. The van der Waals surface area contributed by atoms with Gasteiger partial charge >= 0.3 is 5.97 Å². The number of nitrogens with one attached hydrogen (secondary N) is 2. The first-order valence-corrected chi connectivity index (χ1v) is 11.1. The van der Waals surface area contributed by atoms with Gasteiger partial charge in [0.25, 0.3) is 5.91 Å². The molecule has 1 heterocycles. The molecule has 204 valence electrons. The lowest BCUT2D eigenvalue weighted by atomic mass is 10.0.